The van der Waals surface area contributed by atoms with E-state index in [2.05, 4.69) is 31.9 Å². The molecule has 1 rings (SSSR count). The highest BCUT2D eigenvalue weighted by Crippen LogP contribution is 2.29. The molecule has 0 aliphatic carbocycles. The lowest BCUT2D eigenvalue weighted by Crippen LogP contribution is -1.97. The van der Waals surface area contributed by atoms with Gasteiger partial charge in [-0.3, -0.25) is 10.1 Å². The normalized spacial score (nSPS) is 10.1. The van der Waals surface area contributed by atoms with E-state index in [1.165, 1.54) is 12.1 Å². The van der Waals surface area contributed by atoms with Crippen LogP contribution in [0.4, 0.5) is 10.1 Å². The molecule has 3 nitrogen and oxygen atoms in total. The number of benzene rings is 1. The third-order valence-electron chi connectivity index (χ3n) is 1.48. The van der Waals surface area contributed by atoms with Crippen LogP contribution < -0.4 is 0 Å². The number of rotatable bonds is 2. The lowest BCUT2D eigenvalue weighted by molar-refractivity contribution is -0.388. The van der Waals surface area contributed by atoms with Gasteiger partial charge in [-0.2, -0.15) is 4.39 Å². The van der Waals surface area contributed by atoms with Crippen molar-refractivity contribution >= 4 is 37.5 Å². The molecule has 0 radical (unpaired) electrons. The van der Waals surface area contributed by atoms with E-state index in [4.69, 9.17) is 0 Å². The van der Waals surface area contributed by atoms with Crippen LogP contribution in [0.1, 0.15) is 5.56 Å². The highest BCUT2D eigenvalue weighted by atomic mass is 79.9. The van der Waals surface area contributed by atoms with Crippen LogP contribution in [0.3, 0.4) is 0 Å². The quantitative estimate of drug-likeness (QED) is 0.477. The molecule has 0 N–H and O–H groups in total. The van der Waals surface area contributed by atoms with Crippen LogP contribution in [-0.4, -0.2) is 4.92 Å². The minimum atomic E-state index is -0.832. The topological polar surface area (TPSA) is 43.1 Å². The van der Waals surface area contributed by atoms with Crippen molar-refractivity contribution in [2.45, 2.75) is 5.33 Å². The maximum Gasteiger partial charge on any atom is 0.309 e. The first-order chi connectivity index (χ1) is 6.07. The average Bonchev–Trinajstić information content (AvgIpc) is 2.08. The van der Waals surface area contributed by atoms with Crippen molar-refractivity contribution in [2.75, 3.05) is 0 Å². The Morgan fingerprint density at radius 1 is 1.54 bits per heavy atom. The fourth-order valence-electron chi connectivity index (χ4n) is 0.885. The third kappa shape index (κ3) is 2.05. The van der Waals surface area contributed by atoms with Gasteiger partial charge >= 0.3 is 5.69 Å². The predicted molar refractivity (Wildman–Crippen MR) is 53.4 cm³/mol. The summed E-state index contributed by atoms with van der Waals surface area (Å²) in [7, 11) is 0. The van der Waals surface area contributed by atoms with Gasteiger partial charge in [-0.1, -0.05) is 15.9 Å². The summed E-state index contributed by atoms with van der Waals surface area (Å²) < 4.78 is 13.3. The van der Waals surface area contributed by atoms with Crippen LogP contribution in [0.15, 0.2) is 16.6 Å². The van der Waals surface area contributed by atoms with Crippen molar-refractivity contribution in [3.05, 3.63) is 38.1 Å². The van der Waals surface area contributed by atoms with E-state index in [1.807, 2.05) is 0 Å². The van der Waals surface area contributed by atoms with E-state index in [0.29, 0.717) is 5.56 Å². The Kier molecular flexibility index (Phi) is 3.38. The third-order valence-corrected chi connectivity index (χ3v) is 2.70. The molecule has 0 aromatic heterocycles. The van der Waals surface area contributed by atoms with Gasteiger partial charge in [0, 0.05) is 10.9 Å². The van der Waals surface area contributed by atoms with Crippen LogP contribution in [0.2, 0.25) is 0 Å². The maximum atomic E-state index is 13.2. The van der Waals surface area contributed by atoms with E-state index in [-0.39, 0.29) is 9.80 Å². The average molecular weight is 313 g/mol. The molecule has 0 atom stereocenters. The molecule has 70 valence electrons. The van der Waals surface area contributed by atoms with Crippen LogP contribution in [0.25, 0.3) is 0 Å². The summed E-state index contributed by atoms with van der Waals surface area (Å²) in [6.07, 6.45) is 0. The van der Waals surface area contributed by atoms with Crippen molar-refractivity contribution in [1.82, 2.24) is 0 Å². The van der Waals surface area contributed by atoms with E-state index in [1.54, 1.807) is 0 Å². The van der Waals surface area contributed by atoms with Crippen molar-refractivity contribution in [3.8, 4) is 0 Å². The number of nitrogens with zero attached hydrogens (tertiary/aromatic N) is 1. The zero-order valence-corrected chi connectivity index (χ0v) is 9.43. The molecular formula is C7H4Br2FNO2. The second-order valence-corrected chi connectivity index (χ2v) is 3.67. The predicted octanol–water partition coefficient (Wildman–Crippen LogP) is 3.39. The maximum absolute atomic E-state index is 13.2. The number of nitro groups is 1. The Labute approximate surface area is 90.3 Å². The summed E-state index contributed by atoms with van der Waals surface area (Å²) in [5.74, 6) is -0.832. The SMILES string of the molecule is O=[N+]([O-])c1c(CBr)ccc(Br)c1F. The molecule has 0 saturated heterocycles. The standard InChI is InChI=1S/C7H4Br2FNO2/c8-3-4-1-2-5(9)6(10)7(4)11(12)13/h1-2H,3H2. The fourth-order valence-corrected chi connectivity index (χ4v) is 1.66. The molecule has 0 amide bonds. The van der Waals surface area contributed by atoms with E-state index in [9.17, 15) is 14.5 Å². The van der Waals surface area contributed by atoms with Gasteiger partial charge in [-0.25, -0.2) is 0 Å². The molecule has 1 aromatic carbocycles. The van der Waals surface area contributed by atoms with Crippen molar-refractivity contribution in [3.63, 3.8) is 0 Å². The van der Waals surface area contributed by atoms with Gasteiger partial charge in [0.05, 0.1) is 9.40 Å². The molecule has 0 unspecified atom stereocenters. The number of hydrogen-bond acceptors (Lipinski definition) is 2. The zero-order chi connectivity index (χ0) is 10.0. The molecule has 0 saturated carbocycles. The monoisotopic (exact) mass is 311 g/mol. The molecule has 13 heavy (non-hydrogen) atoms. The second-order valence-electron chi connectivity index (χ2n) is 2.26. The van der Waals surface area contributed by atoms with Crippen molar-refractivity contribution in [1.29, 1.82) is 0 Å². The summed E-state index contributed by atoms with van der Waals surface area (Å²) in [4.78, 5) is 9.75. The minimum Gasteiger partial charge on any atom is -0.258 e. The summed E-state index contributed by atoms with van der Waals surface area (Å²) in [5.41, 5.74) is -0.156. The first-order valence-corrected chi connectivity index (χ1v) is 5.16. The fraction of sp³-hybridized carbons (Fsp3) is 0.143. The number of halogens is 3. The van der Waals surface area contributed by atoms with E-state index >= 15 is 0 Å². The lowest BCUT2D eigenvalue weighted by Gasteiger charge is -2.00. The number of nitro benzene ring substituents is 1. The second kappa shape index (κ2) is 4.15. The van der Waals surface area contributed by atoms with Crippen molar-refractivity contribution in [2.24, 2.45) is 0 Å². The van der Waals surface area contributed by atoms with Gasteiger partial charge in [0.25, 0.3) is 0 Å². The summed E-state index contributed by atoms with van der Waals surface area (Å²) in [6, 6.07) is 2.94. The van der Waals surface area contributed by atoms with Gasteiger partial charge in [0.1, 0.15) is 0 Å². The molecular weight excluding hydrogens is 309 g/mol. The summed E-state index contributed by atoms with van der Waals surface area (Å²) >= 11 is 5.93. The van der Waals surface area contributed by atoms with Gasteiger partial charge < -0.3 is 0 Å². The van der Waals surface area contributed by atoms with Gasteiger partial charge in [0.15, 0.2) is 0 Å². The summed E-state index contributed by atoms with van der Waals surface area (Å²) in [6.45, 7) is 0. The first kappa shape index (κ1) is 10.6. The molecule has 0 aliphatic rings. The van der Waals surface area contributed by atoms with E-state index < -0.39 is 16.4 Å². The van der Waals surface area contributed by atoms with Crippen molar-refractivity contribution < 1.29 is 9.31 Å². The zero-order valence-electron chi connectivity index (χ0n) is 6.26. The molecule has 0 spiro atoms. The smallest absolute Gasteiger partial charge is 0.258 e. The van der Waals surface area contributed by atoms with Gasteiger partial charge in [-0.15, -0.1) is 0 Å². The van der Waals surface area contributed by atoms with Crippen LogP contribution in [0.5, 0.6) is 0 Å². The number of hydrogen-bond donors (Lipinski definition) is 0. The molecule has 6 heteroatoms. The Balaban J connectivity index is 3.41. The highest BCUT2D eigenvalue weighted by Gasteiger charge is 2.21. The first-order valence-electron chi connectivity index (χ1n) is 3.25. The molecule has 0 fully saturated rings. The Morgan fingerprint density at radius 3 is 2.62 bits per heavy atom. The molecule has 0 heterocycles. The van der Waals surface area contributed by atoms with E-state index in [0.717, 1.165) is 0 Å². The van der Waals surface area contributed by atoms with Gasteiger partial charge in [-0.05, 0) is 28.1 Å². The van der Waals surface area contributed by atoms with Crippen LogP contribution in [-0.2, 0) is 5.33 Å². The largest absolute Gasteiger partial charge is 0.309 e. The molecule has 1 aromatic rings. The van der Waals surface area contributed by atoms with Crippen LogP contribution in [0, 0.1) is 15.9 Å². The molecule has 0 aliphatic heterocycles. The Morgan fingerprint density at radius 2 is 2.15 bits per heavy atom. The number of alkyl halides is 1. The van der Waals surface area contributed by atoms with Gasteiger partial charge in [0.2, 0.25) is 5.82 Å². The van der Waals surface area contributed by atoms with Crippen LogP contribution >= 0.6 is 31.9 Å². The highest BCUT2D eigenvalue weighted by molar-refractivity contribution is 9.10. The Bertz CT molecular complexity index is 357. The lowest BCUT2D eigenvalue weighted by atomic mass is 10.2. The minimum absolute atomic E-state index is 0.101. The Hall–Kier alpha value is -0.490. The summed E-state index contributed by atoms with van der Waals surface area (Å²) in [5, 5.41) is 10.7. The molecule has 0 bridgehead atoms.